The van der Waals surface area contributed by atoms with Crippen molar-refractivity contribution in [2.45, 2.75) is 45.4 Å². The van der Waals surface area contributed by atoms with Gasteiger partial charge in [-0.25, -0.2) is 0 Å². The first-order valence-electron chi connectivity index (χ1n) is 9.05. The number of likely N-dealkylation sites (tertiary alicyclic amines) is 1. The number of H-pyrrole nitrogens is 1. The Kier molecular flexibility index (Phi) is 6.58. The van der Waals surface area contributed by atoms with Crippen LogP contribution in [0.15, 0.2) is 16.9 Å². The summed E-state index contributed by atoms with van der Waals surface area (Å²) >= 11 is 0. The molecule has 0 aliphatic carbocycles. The minimum absolute atomic E-state index is 0.0625. The number of carbonyl (C=O) groups is 2. The number of aromatic amines is 1. The molecule has 1 aromatic heterocycles. The largest absolute Gasteiger partial charge is 0.481 e. The van der Waals surface area contributed by atoms with Crippen molar-refractivity contribution >= 4 is 11.9 Å². The number of aromatic nitrogens is 1. The lowest BCUT2D eigenvalue weighted by molar-refractivity contribution is -0.152. The average molecular weight is 364 g/mol. The number of ether oxygens (including phenoxy) is 1. The molecule has 0 bridgehead atoms. The number of nitrogens with one attached hydrogen (secondary N) is 1. The van der Waals surface area contributed by atoms with Crippen molar-refractivity contribution < 1.29 is 19.4 Å². The highest BCUT2D eigenvalue weighted by Crippen LogP contribution is 2.35. The predicted molar refractivity (Wildman–Crippen MR) is 97.5 cm³/mol. The summed E-state index contributed by atoms with van der Waals surface area (Å²) in [6.07, 6.45) is 2.20. The van der Waals surface area contributed by atoms with Gasteiger partial charge in [0.2, 0.25) is 0 Å². The van der Waals surface area contributed by atoms with Crippen LogP contribution in [0.4, 0.5) is 0 Å². The first-order chi connectivity index (χ1) is 12.3. The van der Waals surface area contributed by atoms with E-state index in [2.05, 4.69) is 4.98 Å². The van der Waals surface area contributed by atoms with Gasteiger partial charge in [-0.15, -0.1) is 0 Å². The van der Waals surface area contributed by atoms with Crippen LogP contribution in [-0.2, 0) is 9.53 Å². The summed E-state index contributed by atoms with van der Waals surface area (Å²) < 4.78 is 5.03. The molecule has 1 amide bonds. The van der Waals surface area contributed by atoms with Crippen molar-refractivity contribution in [2.75, 3.05) is 26.8 Å². The fourth-order valence-corrected chi connectivity index (χ4v) is 3.51. The Bertz CT molecular complexity index is 712. The summed E-state index contributed by atoms with van der Waals surface area (Å²) in [6, 6.07) is 3.28. The normalized spacial score (nSPS) is 20.4. The van der Waals surface area contributed by atoms with Gasteiger partial charge in [-0.1, -0.05) is 13.8 Å². The van der Waals surface area contributed by atoms with E-state index >= 15 is 0 Å². The van der Waals surface area contributed by atoms with E-state index in [1.807, 2.05) is 13.8 Å². The third kappa shape index (κ3) is 4.33. The highest BCUT2D eigenvalue weighted by atomic mass is 16.5. The molecule has 2 heterocycles. The van der Waals surface area contributed by atoms with Gasteiger partial charge in [0.05, 0.1) is 5.41 Å². The molecule has 0 spiro atoms. The summed E-state index contributed by atoms with van der Waals surface area (Å²) in [4.78, 5) is 41.3. The summed E-state index contributed by atoms with van der Waals surface area (Å²) in [6.45, 7) is 4.98. The van der Waals surface area contributed by atoms with E-state index in [9.17, 15) is 19.5 Å². The number of rotatable bonds is 7. The molecule has 26 heavy (non-hydrogen) atoms. The Balaban J connectivity index is 2.21. The van der Waals surface area contributed by atoms with Gasteiger partial charge in [-0.3, -0.25) is 14.4 Å². The van der Waals surface area contributed by atoms with E-state index in [0.29, 0.717) is 38.8 Å². The summed E-state index contributed by atoms with van der Waals surface area (Å²) in [5.41, 5.74) is -0.568. The average Bonchev–Trinajstić information content (AvgIpc) is 2.61. The first-order valence-corrected chi connectivity index (χ1v) is 9.05. The maximum Gasteiger partial charge on any atom is 0.311 e. The zero-order chi connectivity index (χ0) is 19.3. The van der Waals surface area contributed by atoms with Crippen LogP contribution in [0.25, 0.3) is 0 Å². The number of pyridine rings is 1. The molecule has 2 rings (SSSR count). The van der Waals surface area contributed by atoms with Gasteiger partial charge in [0.25, 0.3) is 11.5 Å². The number of aliphatic carboxylic acids is 1. The van der Waals surface area contributed by atoms with Crippen LogP contribution < -0.4 is 5.56 Å². The molecule has 7 heteroatoms. The van der Waals surface area contributed by atoms with E-state index in [0.717, 1.165) is 5.69 Å². The molecule has 0 unspecified atom stereocenters. The molecular formula is C19H28N2O5. The fraction of sp³-hybridized carbons (Fsp3) is 0.632. The lowest BCUT2D eigenvalue weighted by atomic mass is 9.76. The van der Waals surface area contributed by atoms with Crippen molar-refractivity contribution in [1.29, 1.82) is 0 Å². The molecule has 1 aromatic rings. The van der Waals surface area contributed by atoms with Crippen molar-refractivity contribution in [3.8, 4) is 0 Å². The minimum atomic E-state index is -0.975. The van der Waals surface area contributed by atoms with E-state index in [-0.39, 0.29) is 18.0 Å². The SMILES string of the molecule is COCCC[C@@]1(C(=O)O)CCCN(C(=O)c2ccc(C(C)C)[nH]c2=O)C1. The van der Waals surface area contributed by atoms with Crippen molar-refractivity contribution in [3.63, 3.8) is 0 Å². The maximum absolute atomic E-state index is 12.8. The Morgan fingerprint density at radius 3 is 2.69 bits per heavy atom. The Morgan fingerprint density at radius 1 is 1.38 bits per heavy atom. The monoisotopic (exact) mass is 364 g/mol. The molecule has 0 radical (unpaired) electrons. The number of amides is 1. The van der Waals surface area contributed by atoms with Crippen molar-refractivity contribution in [3.05, 3.63) is 33.7 Å². The Labute approximate surface area is 153 Å². The van der Waals surface area contributed by atoms with Gasteiger partial charge in [-0.2, -0.15) is 0 Å². The first kappa shape index (κ1) is 20.2. The third-order valence-electron chi connectivity index (χ3n) is 5.11. The third-order valence-corrected chi connectivity index (χ3v) is 5.11. The topological polar surface area (TPSA) is 99.7 Å². The van der Waals surface area contributed by atoms with Crippen LogP contribution in [0, 0.1) is 5.41 Å². The number of hydrogen-bond acceptors (Lipinski definition) is 4. The van der Waals surface area contributed by atoms with Crippen LogP contribution >= 0.6 is 0 Å². The molecule has 7 nitrogen and oxygen atoms in total. The van der Waals surface area contributed by atoms with Crippen LogP contribution in [0.1, 0.15) is 61.5 Å². The van der Waals surface area contributed by atoms with Gasteiger partial charge in [0.1, 0.15) is 5.56 Å². The molecular weight excluding hydrogens is 336 g/mol. The molecule has 1 aliphatic rings. The van der Waals surface area contributed by atoms with Gasteiger partial charge in [0, 0.05) is 32.5 Å². The smallest absolute Gasteiger partial charge is 0.311 e. The van der Waals surface area contributed by atoms with Crippen molar-refractivity contribution in [1.82, 2.24) is 9.88 Å². The fourth-order valence-electron chi connectivity index (χ4n) is 3.51. The van der Waals surface area contributed by atoms with Gasteiger partial charge in [0.15, 0.2) is 0 Å². The predicted octanol–water partition coefficient (Wildman–Crippen LogP) is 2.23. The number of carboxylic acid groups (broad SMARTS) is 1. The number of carboxylic acids is 1. The van der Waals surface area contributed by atoms with E-state index in [4.69, 9.17) is 4.74 Å². The number of nitrogens with zero attached hydrogens (tertiary/aromatic N) is 1. The summed E-state index contributed by atoms with van der Waals surface area (Å²) in [5, 5.41) is 9.76. The highest BCUT2D eigenvalue weighted by Gasteiger charge is 2.43. The maximum atomic E-state index is 12.8. The van der Waals surface area contributed by atoms with E-state index in [1.54, 1.807) is 19.2 Å². The van der Waals surface area contributed by atoms with Crippen LogP contribution in [0.5, 0.6) is 0 Å². The Hall–Kier alpha value is -2.15. The lowest BCUT2D eigenvalue weighted by Crippen LogP contribution is -2.50. The highest BCUT2D eigenvalue weighted by molar-refractivity contribution is 5.94. The van der Waals surface area contributed by atoms with Crippen LogP contribution in [-0.4, -0.2) is 53.7 Å². The number of hydrogen-bond donors (Lipinski definition) is 2. The lowest BCUT2D eigenvalue weighted by Gasteiger charge is -2.40. The molecule has 144 valence electrons. The zero-order valence-corrected chi connectivity index (χ0v) is 15.7. The minimum Gasteiger partial charge on any atom is -0.481 e. The summed E-state index contributed by atoms with van der Waals surface area (Å²) in [7, 11) is 1.58. The molecule has 0 aromatic carbocycles. The molecule has 2 N–H and O–H groups in total. The van der Waals surface area contributed by atoms with Crippen LogP contribution in [0.2, 0.25) is 0 Å². The molecule has 0 saturated carbocycles. The Morgan fingerprint density at radius 2 is 2.12 bits per heavy atom. The summed E-state index contributed by atoms with van der Waals surface area (Å²) in [5.74, 6) is -1.14. The van der Waals surface area contributed by atoms with Gasteiger partial charge < -0.3 is 19.7 Å². The van der Waals surface area contributed by atoms with Gasteiger partial charge in [-0.05, 0) is 43.7 Å². The molecule has 1 fully saturated rings. The second-order valence-corrected chi connectivity index (χ2v) is 7.32. The molecule has 1 aliphatic heterocycles. The standard InChI is InChI=1S/C19H28N2O5/c1-13(2)15-7-6-14(16(22)20-15)17(23)21-10-4-8-19(12-21,18(24)25)9-5-11-26-3/h6-7,13H,4-5,8-12H2,1-3H3,(H,20,22)(H,24,25)/t19-/m0/s1. The molecule has 1 saturated heterocycles. The van der Waals surface area contributed by atoms with E-state index < -0.39 is 22.9 Å². The number of methoxy groups -OCH3 is 1. The van der Waals surface area contributed by atoms with Crippen LogP contribution in [0.3, 0.4) is 0 Å². The second-order valence-electron chi connectivity index (χ2n) is 7.32. The number of carbonyl (C=O) groups excluding carboxylic acids is 1. The van der Waals surface area contributed by atoms with Crippen molar-refractivity contribution in [2.24, 2.45) is 5.41 Å². The number of piperidine rings is 1. The quantitative estimate of drug-likeness (QED) is 0.723. The van der Waals surface area contributed by atoms with Gasteiger partial charge >= 0.3 is 5.97 Å². The zero-order valence-electron chi connectivity index (χ0n) is 15.7. The second kappa shape index (κ2) is 8.49. The molecule has 1 atom stereocenters. The van der Waals surface area contributed by atoms with E-state index in [1.165, 1.54) is 4.90 Å².